The van der Waals surface area contributed by atoms with E-state index in [1.165, 1.54) is 0 Å². The zero-order valence-corrected chi connectivity index (χ0v) is 9.92. The maximum atomic E-state index is 5.36. The standard InChI is InChI=1S/C11H15N5O/c1-7-3-12-4-8(7)11-14-10(15-17-11)9-5-13-6-16(9)2/h5-8,12H,3-4H2,1-2H3/t7-,8-/m1/s1. The molecule has 1 N–H and O–H groups in total. The van der Waals surface area contributed by atoms with Crippen molar-refractivity contribution in [1.29, 1.82) is 0 Å². The molecule has 3 heterocycles. The highest BCUT2D eigenvalue weighted by molar-refractivity contribution is 5.47. The minimum atomic E-state index is 0.324. The Morgan fingerprint density at radius 1 is 1.47 bits per heavy atom. The third-order valence-electron chi connectivity index (χ3n) is 3.32. The van der Waals surface area contributed by atoms with E-state index in [9.17, 15) is 0 Å². The van der Waals surface area contributed by atoms with E-state index >= 15 is 0 Å². The molecule has 0 aliphatic carbocycles. The second-order valence-corrected chi connectivity index (χ2v) is 4.59. The highest BCUT2D eigenvalue weighted by Gasteiger charge is 2.29. The SMILES string of the molecule is C[C@@H]1CNC[C@H]1c1nc(-c2cncn2C)no1. The predicted molar refractivity (Wildman–Crippen MR) is 61.3 cm³/mol. The second-order valence-electron chi connectivity index (χ2n) is 4.59. The number of aryl methyl sites for hydroxylation is 1. The smallest absolute Gasteiger partial charge is 0.231 e. The van der Waals surface area contributed by atoms with Gasteiger partial charge in [0.25, 0.3) is 0 Å². The lowest BCUT2D eigenvalue weighted by Gasteiger charge is -2.07. The third-order valence-corrected chi connectivity index (χ3v) is 3.32. The van der Waals surface area contributed by atoms with Crippen molar-refractivity contribution >= 4 is 0 Å². The van der Waals surface area contributed by atoms with Crippen LogP contribution < -0.4 is 5.32 Å². The number of imidazole rings is 1. The van der Waals surface area contributed by atoms with Crippen molar-refractivity contribution in [2.75, 3.05) is 13.1 Å². The fraction of sp³-hybridized carbons (Fsp3) is 0.545. The molecule has 0 bridgehead atoms. The monoisotopic (exact) mass is 233 g/mol. The first kappa shape index (κ1) is 10.5. The summed E-state index contributed by atoms with van der Waals surface area (Å²) in [6.45, 7) is 4.11. The van der Waals surface area contributed by atoms with Gasteiger partial charge in [0, 0.05) is 13.6 Å². The van der Waals surface area contributed by atoms with Crippen molar-refractivity contribution in [3.63, 3.8) is 0 Å². The van der Waals surface area contributed by atoms with Crippen molar-refractivity contribution in [1.82, 2.24) is 25.0 Å². The number of hydrogen-bond acceptors (Lipinski definition) is 5. The van der Waals surface area contributed by atoms with Gasteiger partial charge in [-0.05, 0) is 12.5 Å². The van der Waals surface area contributed by atoms with Crippen LogP contribution in [0, 0.1) is 5.92 Å². The lowest BCUT2D eigenvalue weighted by molar-refractivity contribution is 0.340. The molecule has 17 heavy (non-hydrogen) atoms. The van der Waals surface area contributed by atoms with Gasteiger partial charge in [-0.1, -0.05) is 12.1 Å². The molecule has 0 spiro atoms. The van der Waals surface area contributed by atoms with Crippen LogP contribution in [-0.4, -0.2) is 32.8 Å². The fourth-order valence-electron chi connectivity index (χ4n) is 2.20. The maximum absolute atomic E-state index is 5.36. The summed E-state index contributed by atoms with van der Waals surface area (Å²) in [4.78, 5) is 8.52. The van der Waals surface area contributed by atoms with Crippen LogP contribution in [0.15, 0.2) is 17.0 Å². The van der Waals surface area contributed by atoms with Crippen molar-refractivity contribution < 1.29 is 4.52 Å². The van der Waals surface area contributed by atoms with Crippen LogP contribution in [0.4, 0.5) is 0 Å². The van der Waals surface area contributed by atoms with Gasteiger partial charge in [0.05, 0.1) is 18.4 Å². The van der Waals surface area contributed by atoms with Gasteiger partial charge in [-0.15, -0.1) is 0 Å². The van der Waals surface area contributed by atoms with Crippen LogP contribution in [0.5, 0.6) is 0 Å². The Labute approximate surface area is 99.0 Å². The third kappa shape index (κ3) is 1.74. The molecule has 1 aliphatic rings. The van der Waals surface area contributed by atoms with Gasteiger partial charge in [-0.3, -0.25) is 0 Å². The normalized spacial score (nSPS) is 24.4. The first-order valence-electron chi connectivity index (χ1n) is 5.76. The summed E-state index contributed by atoms with van der Waals surface area (Å²) in [5.74, 6) is 2.19. The van der Waals surface area contributed by atoms with Gasteiger partial charge >= 0.3 is 0 Å². The van der Waals surface area contributed by atoms with E-state index in [0.717, 1.165) is 24.7 Å². The maximum Gasteiger partial charge on any atom is 0.231 e. The van der Waals surface area contributed by atoms with E-state index in [4.69, 9.17) is 4.52 Å². The minimum Gasteiger partial charge on any atom is -0.339 e. The quantitative estimate of drug-likeness (QED) is 0.830. The molecule has 1 aliphatic heterocycles. The lowest BCUT2D eigenvalue weighted by Crippen LogP contribution is -2.08. The molecule has 2 aromatic rings. The van der Waals surface area contributed by atoms with E-state index in [1.54, 1.807) is 12.5 Å². The van der Waals surface area contributed by atoms with Gasteiger partial charge in [0.2, 0.25) is 11.7 Å². The Morgan fingerprint density at radius 3 is 3.00 bits per heavy atom. The molecule has 0 unspecified atom stereocenters. The predicted octanol–water partition coefficient (Wildman–Crippen LogP) is 0.793. The molecule has 2 aromatic heterocycles. The summed E-state index contributed by atoms with van der Waals surface area (Å²) >= 11 is 0. The Bertz CT molecular complexity index is 517. The Kier molecular flexibility index (Phi) is 2.44. The van der Waals surface area contributed by atoms with Crippen LogP contribution in [-0.2, 0) is 7.05 Å². The molecule has 6 heteroatoms. The average Bonchev–Trinajstić information content (AvgIpc) is 2.97. The van der Waals surface area contributed by atoms with Crippen LogP contribution in [0.1, 0.15) is 18.7 Å². The molecule has 6 nitrogen and oxygen atoms in total. The van der Waals surface area contributed by atoms with Gasteiger partial charge in [-0.25, -0.2) is 4.98 Å². The largest absolute Gasteiger partial charge is 0.339 e. The number of nitrogens with one attached hydrogen (secondary N) is 1. The van der Waals surface area contributed by atoms with Gasteiger partial charge < -0.3 is 14.4 Å². The van der Waals surface area contributed by atoms with Crippen LogP contribution in [0.2, 0.25) is 0 Å². The number of nitrogens with zero attached hydrogens (tertiary/aromatic N) is 4. The van der Waals surface area contributed by atoms with Gasteiger partial charge in [-0.2, -0.15) is 4.98 Å². The Morgan fingerprint density at radius 2 is 2.35 bits per heavy atom. The molecule has 0 amide bonds. The Hall–Kier alpha value is -1.69. The molecule has 2 atom stereocenters. The van der Waals surface area contributed by atoms with Crippen molar-refractivity contribution in [3.8, 4) is 11.5 Å². The number of aromatic nitrogens is 4. The fourth-order valence-corrected chi connectivity index (χ4v) is 2.20. The molecule has 3 rings (SSSR count). The van der Waals surface area contributed by atoms with Crippen molar-refractivity contribution in [3.05, 3.63) is 18.4 Å². The molecule has 1 fully saturated rings. The summed E-state index contributed by atoms with van der Waals surface area (Å²) in [6.07, 6.45) is 3.47. The first-order chi connectivity index (χ1) is 8.25. The molecular weight excluding hydrogens is 218 g/mol. The first-order valence-corrected chi connectivity index (χ1v) is 5.76. The summed E-state index contributed by atoms with van der Waals surface area (Å²) in [6, 6.07) is 0. The number of hydrogen-bond donors (Lipinski definition) is 1. The van der Waals surface area contributed by atoms with Crippen molar-refractivity contribution in [2.24, 2.45) is 13.0 Å². The highest BCUT2D eigenvalue weighted by Crippen LogP contribution is 2.27. The molecule has 1 saturated heterocycles. The zero-order valence-electron chi connectivity index (χ0n) is 9.92. The summed E-state index contributed by atoms with van der Waals surface area (Å²) in [7, 11) is 1.91. The molecular formula is C11H15N5O. The summed E-state index contributed by atoms with van der Waals surface area (Å²) in [5, 5.41) is 7.35. The van der Waals surface area contributed by atoms with Gasteiger partial charge in [0.1, 0.15) is 5.69 Å². The molecule has 0 radical (unpaired) electrons. The highest BCUT2D eigenvalue weighted by atomic mass is 16.5. The van der Waals surface area contributed by atoms with Crippen LogP contribution in [0.3, 0.4) is 0 Å². The summed E-state index contributed by atoms with van der Waals surface area (Å²) < 4.78 is 7.24. The van der Waals surface area contributed by atoms with Crippen molar-refractivity contribution in [2.45, 2.75) is 12.8 Å². The van der Waals surface area contributed by atoms with E-state index in [2.05, 4.69) is 27.4 Å². The minimum absolute atomic E-state index is 0.324. The summed E-state index contributed by atoms with van der Waals surface area (Å²) in [5.41, 5.74) is 0.874. The van der Waals surface area contributed by atoms with E-state index in [-0.39, 0.29) is 0 Å². The second kappa shape index (κ2) is 3.96. The van der Waals surface area contributed by atoms with E-state index < -0.39 is 0 Å². The Balaban J connectivity index is 1.90. The van der Waals surface area contributed by atoms with E-state index in [0.29, 0.717) is 17.7 Å². The lowest BCUT2D eigenvalue weighted by atomic mass is 9.98. The number of rotatable bonds is 2. The zero-order chi connectivity index (χ0) is 11.8. The van der Waals surface area contributed by atoms with Gasteiger partial charge in [0.15, 0.2) is 0 Å². The van der Waals surface area contributed by atoms with Crippen LogP contribution in [0.25, 0.3) is 11.5 Å². The molecule has 0 saturated carbocycles. The molecule has 90 valence electrons. The molecule has 0 aromatic carbocycles. The van der Waals surface area contributed by atoms with Crippen LogP contribution >= 0.6 is 0 Å². The average molecular weight is 233 g/mol. The van der Waals surface area contributed by atoms with E-state index in [1.807, 2.05) is 11.6 Å². The topological polar surface area (TPSA) is 68.8 Å².